The van der Waals surface area contributed by atoms with Crippen LogP contribution in [0.25, 0.3) is 21.8 Å². The standard InChI is InChI=1S/C26H26N6OS/c1-17-5-3-7-22(11-17)29-24-13-23(20-12-21(15-27-14-20)26-28-8-10-34-26)30-25(31-24)19-6-4-9-32(16-19)18(2)33/h3,5,7-8,10-15,19H,4,6,9,16H2,1-2H3,(H,29,30,31). The van der Waals surface area contributed by atoms with Gasteiger partial charge < -0.3 is 10.2 Å². The van der Waals surface area contributed by atoms with Crippen molar-refractivity contribution in [1.82, 2.24) is 24.8 Å². The number of hydrogen-bond acceptors (Lipinski definition) is 7. The Morgan fingerprint density at radius 2 is 2.03 bits per heavy atom. The van der Waals surface area contributed by atoms with Gasteiger partial charge in [-0.1, -0.05) is 12.1 Å². The number of nitrogens with one attached hydrogen (secondary N) is 1. The number of pyridine rings is 1. The highest BCUT2D eigenvalue weighted by atomic mass is 32.1. The highest BCUT2D eigenvalue weighted by Gasteiger charge is 2.26. The summed E-state index contributed by atoms with van der Waals surface area (Å²) in [6.07, 6.45) is 7.34. The summed E-state index contributed by atoms with van der Waals surface area (Å²) >= 11 is 1.58. The first kappa shape index (κ1) is 22.2. The fraction of sp³-hybridized carbons (Fsp3) is 0.269. The number of carbonyl (C=O) groups is 1. The largest absolute Gasteiger partial charge is 0.342 e. The molecule has 8 heteroatoms. The van der Waals surface area contributed by atoms with Gasteiger partial charge in [0, 0.05) is 72.8 Å². The lowest BCUT2D eigenvalue weighted by atomic mass is 9.96. The van der Waals surface area contributed by atoms with Crippen LogP contribution >= 0.6 is 11.3 Å². The number of hydrogen-bond donors (Lipinski definition) is 1. The van der Waals surface area contributed by atoms with E-state index in [0.717, 1.165) is 58.5 Å². The fourth-order valence-corrected chi connectivity index (χ4v) is 4.89. The van der Waals surface area contributed by atoms with Gasteiger partial charge in [-0.3, -0.25) is 9.78 Å². The molecule has 1 aromatic carbocycles. The molecule has 1 aliphatic rings. The van der Waals surface area contributed by atoms with E-state index in [2.05, 4.69) is 40.4 Å². The smallest absolute Gasteiger partial charge is 0.219 e. The van der Waals surface area contributed by atoms with Gasteiger partial charge in [0.05, 0.1) is 5.69 Å². The van der Waals surface area contributed by atoms with Crippen molar-refractivity contribution in [3.63, 3.8) is 0 Å². The molecule has 1 unspecified atom stereocenters. The number of anilines is 2. The summed E-state index contributed by atoms with van der Waals surface area (Å²) < 4.78 is 0. The molecule has 0 radical (unpaired) electrons. The highest BCUT2D eigenvalue weighted by molar-refractivity contribution is 7.13. The average molecular weight is 471 g/mol. The molecular formula is C26H26N6OS. The topological polar surface area (TPSA) is 83.9 Å². The maximum Gasteiger partial charge on any atom is 0.219 e. The van der Waals surface area contributed by atoms with Gasteiger partial charge in [0.2, 0.25) is 5.91 Å². The second-order valence-corrected chi connectivity index (χ2v) is 9.49. The number of aryl methyl sites for hydroxylation is 1. The molecule has 172 valence electrons. The van der Waals surface area contributed by atoms with Crippen molar-refractivity contribution in [2.45, 2.75) is 32.6 Å². The maximum atomic E-state index is 12.0. The molecule has 0 aliphatic carbocycles. The minimum atomic E-state index is 0.0887. The SMILES string of the molecule is CC(=O)N1CCCC(c2nc(Nc3cccc(C)c3)cc(-c3cncc(-c4nccs4)c3)n2)C1. The van der Waals surface area contributed by atoms with E-state index in [9.17, 15) is 4.79 Å². The molecule has 5 rings (SSSR count). The Hall–Kier alpha value is -3.65. The lowest BCUT2D eigenvalue weighted by Gasteiger charge is -2.31. The zero-order chi connectivity index (χ0) is 23.5. The number of rotatable bonds is 5. The van der Waals surface area contributed by atoms with E-state index >= 15 is 0 Å². The van der Waals surface area contributed by atoms with Gasteiger partial charge >= 0.3 is 0 Å². The van der Waals surface area contributed by atoms with Crippen LogP contribution in [0.4, 0.5) is 11.5 Å². The quantitative estimate of drug-likeness (QED) is 0.418. The summed E-state index contributed by atoms with van der Waals surface area (Å²) in [6, 6.07) is 12.2. The average Bonchev–Trinajstić information content (AvgIpc) is 3.39. The van der Waals surface area contributed by atoms with Crippen LogP contribution in [-0.2, 0) is 4.79 Å². The van der Waals surface area contributed by atoms with Gasteiger partial charge in [-0.2, -0.15) is 0 Å². The van der Waals surface area contributed by atoms with E-state index in [0.29, 0.717) is 6.54 Å². The van der Waals surface area contributed by atoms with Crippen LogP contribution in [0.1, 0.15) is 37.1 Å². The molecule has 7 nitrogen and oxygen atoms in total. The molecule has 1 saturated heterocycles. The molecule has 0 saturated carbocycles. The molecule has 0 spiro atoms. The Kier molecular flexibility index (Phi) is 6.31. The Morgan fingerprint density at radius 1 is 1.15 bits per heavy atom. The highest BCUT2D eigenvalue weighted by Crippen LogP contribution is 2.31. The maximum absolute atomic E-state index is 12.0. The van der Waals surface area contributed by atoms with Gasteiger partial charge in [0.15, 0.2) is 0 Å². The zero-order valence-corrected chi connectivity index (χ0v) is 20.0. The normalized spacial score (nSPS) is 15.8. The lowest BCUT2D eigenvalue weighted by molar-refractivity contribution is -0.130. The van der Waals surface area contributed by atoms with Gasteiger partial charge in [-0.15, -0.1) is 11.3 Å². The van der Waals surface area contributed by atoms with E-state index < -0.39 is 0 Å². The van der Waals surface area contributed by atoms with E-state index in [1.54, 1.807) is 24.5 Å². The van der Waals surface area contributed by atoms with Crippen LogP contribution < -0.4 is 5.32 Å². The summed E-state index contributed by atoms with van der Waals surface area (Å²) in [5.41, 5.74) is 4.80. The Balaban J connectivity index is 1.55. The second kappa shape index (κ2) is 9.69. The van der Waals surface area contributed by atoms with Crippen LogP contribution in [0.15, 0.2) is 60.4 Å². The van der Waals surface area contributed by atoms with Crippen LogP contribution in [-0.4, -0.2) is 43.8 Å². The summed E-state index contributed by atoms with van der Waals surface area (Å²) in [7, 11) is 0. The zero-order valence-electron chi connectivity index (χ0n) is 19.2. The molecule has 3 aromatic heterocycles. The number of likely N-dealkylation sites (tertiary alicyclic amines) is 1. The summed E-state index contributed by atoms with van der Waals surface area (Å²) in [5.74, 6) is 1.66. The molecule has 1 atom stereocenters. The second-order valence-electron chi connectivity index (χ2n) is 8.59. The third-order valence-corrected chi connectivity index (χ3v) is 6.80. The van der Waals surface area contributed by atoms with E-state index in [1.165, 1.54) is 5.56 Å². The van der Waals surface area contributed by atoms with Gasteiger partial charge in [-0.05, 0) is 43.5 Å². The lowest BCUT2D eigenvalue weighted by Crippen LogP contribution is -2.38. The molecule has 1 fully saturated rings. The first-order valence-corrected chi connectivity index (χ1v) is 12.3. The van der Waals surface area contributed by atoms with E-state index in [1.807, 2.05) is 40.9 Å². The molecule has 4 aromatic rings. The minimum Gasteiger partial charge on any atom is -0.342 e. The van der Waals surface area contributed by atoms with Crippen molar-refractivity contribution in [3.05, 3.63) is 71.8 Å². The van der Waals surface area contributed by atoms with Crippen molar-refractivity contribution < 1.29 is 4.79 Å². The van der Waals surface area contributed by atoms with E-state index in [-0.39, 0.29) is 11.8 Å². The van der Waals surface area contributed by atoms with E-state index in [4.69, 9.17) is 9.97 Å². The molecule has 1 amide bonds. The molecule has 4 heterocycles. The van der Waals surface area contributed by atoms with Gasteiger partial charge in [-0.25, -0.2) is 15.0 Å². The first-order chi connectivity index (χ1) is 16.5. The molecule has 1 N–H and O–H groups in total. The van der Waals surface area contributed by atoms with Crippen LogP contribution in [0.3, 0.4) is 0 Å². The molecule has 34 heavy (non-hydrogen) atoms. The summed E-state index contributed by atoms with van der Waals surface area (Å²) in [6.45, 7) is 5.12. The van der Waals surface area contributed by atoms with Gasteiger partial charge in [0.25, 0.3) is 0 Å². The number of nitrogens with zero attached hydrogens (tertiary/aromatic N) is 5. The minimum absolute atomic E-state index is 0.0887. The van der Waals surface area contributed by atoms with Crippen molar-refractivity contribution in [2.75, 3.05) is 18.4 Å². The number of aromatic nitrogens is 4. The predicted molar refractivity (Wildman–Crippen MR) is 135 cm³/mol. The number of carbonyl (C=O) groups excluding carboxylic acids is 1. The van der Waals surface area contributed by atoms with Crippen LogP contribution in [0.5, 0.6) is 0 Å². The Morgan fingerprint density at radius 3 is 2.82 bits per heavy atom. The monoisotopic (exact) mass is 470 g/mol. The van der Waals surface area contributed by atoms with Crippen molar-refractivity contribution >= 4 is 28.7 Å². The Bertz CT molecular complexity index is 1310. The van der Waals surface area contributed by atoms with Crippen molar-refractivity contribution in [2.24, 2.45) is 0 Å². The van der Waals surface area contributed by atoms with Crippen LogP contribution in [0, 0.1) is 6.92 Å². The summed E-state index contributed by atoms with van der Waals surface area (Å²) in [5, 5.41) is 6.33. The summed E-state index contributed by atoms with van der Waals surface area (Å²) in [4.78, 5) is 32.6. The number of benzene rings is 1. The molecule has 1 aliphatic heterocycles. The predicted octanol–water partition coefficient (Wildman–Crippen LogP) is 5.44. The molecule has 0 bridgehead atoms. The first-order valence-electron chi connectivity index (χ1n) is 11.4. The number of piperidine rings is 1. The fourth-order valence-electron chi connectivity index (χ4n) is 4.27. The third-order valence-electron chi connectivity index (χ3n) is 5.98. The third kappa shape index (κ3) is 4.97. The van der Waals surface area contributed by atoms with Crippen molar-refractivity contribution in [3.8, 4) is 21.8 Å². The van der Waals surface area contributed by atoms with Gasteiger partial charge in [0.1, 0.15) is 16.6 Å². The molecular weight excluding hydrogens is 444 g/mol. The number of thiazole rings is 1. The Labute approximate surface area is 203 Å². The van der Waals surface area contributed by atoms with Crippen LogP contribution in [0.2, 0.25) is 0 Å². The number of amides is 1. The van der Waals surface area contributed by atoms with Crippen molar-refractivity contribution in [1.29, 1.82) is 0 Å².